The van der Waals surface area contributed by atoms with Crippen LogP contribution < -0.4 is 5.32 Å². The highest BCUT2D eigenvalue weighted by Gasteiger charge is 2.14. The molecule has 2 heterocycles. The zero-order chi connectivity index (χ0) is 18.6. The first-order chi connectivity index (χ1) is 13.2. The number of rotatable bonds is 4. The zero-order valence-corrected chi connectivity index (χ0v) is 15.0. The maximum Gasteiger partial charge on any atom is 0.256 e. The number of hydrogen-bond donors (Lipinski definition) is 1. The molecule has 0 radical (unpaired) electrons. The van der Waals surface area contributed by atoms with E-state index in [1.807, 2.05) is 30.3 Å². The number of pyridine rings is 2. The summed E-state index contributed by atoms with van der Waals surface area (Å²) < 4.78 is 0. The Kier molecular flexibility index (Phi) is 4.62. The minimum Gasteiger partial charge on any atom is -0.322 e. The maximum atomic E-state index is 13.0. The third-order valence-electron chi connectivity index (χ3n) is 4.56. The fourth-order valence-corrected chi connectivity index (χ4v) is 3.06. The lowest BCUT2D eigenvalue weighted by atomic mass is 10.0. The van der Waals surface area contributed by atoms with E-state index in [1.165, 1.54) is 5.56 Å². The number of aromatic nitrogens is 2. The molecule has 132 valence electrons. The summed E-state index contributed by atoms with van der Waals surface area (Å²) in [5, 5.41) is 3.77. The Morgan fingerprint density at radius 1 is 0.963 bits per heavy atom. The van der Waals surface area contributed by atoms with Gasteiger partial charge in [-0.1, -0.05) is 49.4 Å². The monoisotopic (exact) mass is 353 g/mol. The summed E-state index contributed by atoms with van der Waals surface area (Å²) in [6.07, 6.45) is 4.30. The van der Waals surface area contributed by atoms with E-state index in [1.54, 1.807) is 24.5 Å². The topological polar surface area (TPSA) is 54.9 Å². The summed E-state index contributed by atoms with van der Waals surface area (Å²) in [4.78, 5) is 21.7. The molecule has 0 fully saturated rings. The number of nitrogens with zero attached hydrogens (tertiary/aromatic N) is 2. The van der Waals surface area contributed by atoms with Gasteiger partial charge in [-0.25, -0.2) is 4.98 Å². The van der Waals surface area contributed by atoms with Gasteiger partial charge in [0.15, 0.2) is 0 Å². The minimum atomic E-state index is -0.161. The van der Waals surface area contributed by atoms with Gasteiger partial charge in [0.25, 0.3) is 5.91 Å². The van der Waals surface area contributed by atoms with Gasteiger partial charge in [-0.15, -0.1) is 0 Å². The summed E-state index contributed by atoms with van der Waals surface area (Å²) in [5.41, 5.74) is 5.17. The van der Waals surface area contributed by atoms with Crippen molar-refractivity contribution >= 4 is 22.5 Å². The fourth-order valence-electron chi connectivity index (χ4n) is 3.06. The highest BCUT2D eigenvalue weighted by atomic mass is 16.1. The molecular formula is C23H19N3O. The van der Waals surface area contributed by atoms with Crippen LogP contribution in [0, 0.1) is 0 Å². The molecule has 0 aliphatic rings. The van der Waals surface area contributed by atoms with Crippen LogP contribution >= 0.6 is 0 Å². The second-order valence-corrected chi connectivity index (χ2v) is 6.31. The number of carbonyl (C=O) groups excluding carboxylic acids is 1. The van der Waals surface area contributed by atoms with Crippen LogP contribution in [-0.4, -0.2) is 15.9 Å². The number of aryl methyl sites for hydroxylation is 1. The van der Waals surface area contributed by atoms with Crippen LogP contribution in [0.4, 0.5) is 5.69 Å². The molecule has 2 aromatic carbocycles. The van der Waals surface area contributed by atoms with Gasteiger partial charge >= 0.3 is 0 Å². The van der Waals surface area contributed by atoms with Crippen LogP contribution in [0.25, 0.3) is 22.2 Å². The van der Waals surface area contributed by atoms with Crippen LogP contribution in [0.1, 0.15) is 22.8 Å². The van der Waals surface area contributed by atoms with E-state index in [9.17, 15) is 4.79 Å². The van der Waals surface area contributed by atoms with Crippen LogP contribution in [0.2, 0.25) is 0 Å². The second kappa shape index (κ2) is 7.38. The normalized spacial score (nSPS) is 10.7. The number of hydrogen-bond acceptors (Lipinski definition) is 3. The fraction of sp³-hybridized carbons (Fsp3) is 0.0870. The Morgan fingerprint density at radius 3 is 2.44 bits per heavy atom. The number of carbonyl (C=O) groups is 1. The van der Waals surface area contributed by atoms with E-state index in [-0.39, 0.29) is 5.91 Å². The van der Waals surface area contributed by atoms with Gasteiger partial charge in [0, 0.05) is 29.0 Å². The molecule has 0 atom stereocenters. The molecule has 0 spiro atoms. The Balaban J connectivity index is 1.79. The molecular weight excluding hydrogens is 334 g/mol. The van der Waals surface area contributed by atoms with Crippen molar-refractivity contribution in [2.45, 2.75) is 13.3 Å². The molecule has 0 saturated heterocycles. The van der Waals surface area contributed by atoms with Gasteiger partial charge < -0.3 is 5.32 Å². The van der Waals surface area contributed by atoms with Crippen LogP contribution in [0.3, 0.4) is 0 Å². The third kappa shape index (κ3) is 3.55. The minimum absolute atomic E-state index is 0.161. The summed E-state index contributed by atoms with van der Waals surface area (Å²) in [6.45, 7) is 2.13. The molecule has 0 aliphatic carbocycles. The van der Waals surface area contributed by atoms with Crippen LogP contribution in [-0.2, 0) is 6.42 Å². The first kappa shape index (κ1) is 16.9. The predicted molar refractivity (Wildman–Crippen MR) is 109 cm³/mol. The first-order valence-corrected chi connectivity index (χ1v) is 8.95. The molecule has 4 heteroatoms. The lowest BCUT2D eigenvalue weighted by Gasteiger charge is -2.11. The molecule has 27 heavy (non-hydrogen) atoms. The van der Waals surface area contributed by atoms with Crippen molar-refractivity contribution in [1.29, 1.82) is 0 Å². The Bertz CT molecular complexity index is 1090. The van der Waals surface area contributed by atoms with E-state index in [4.69, 9.17) is 4.98 Å². The van der Waals surface area contributed by atoms with Gasteiger partial charge in [0.2, 0.25) is 0 Å². The maximum absolute atomic E-state index is 13.0. The Hall–Kier alpha value is -3.53. The number of benzene rings is 2. The van der Waals surface area contributed by atoms with E-state index in [0.29, 0.717) is 11.3 Å². The molecule has 4 nitrogen and oxygen atoms in total. The van der Waals surface area contributed by atoms with Gasteiger partial charge in [0.05, 0.1) is 16.8 Å². The number of amides is 1. The average Bonchev–Trinajstić information content (AvgIpc) is 2.73. The lowest BCUT2D eigenvalue weighted by Crippen LogP contribution is -2.13. The number of para-hydroxylation sites is 1. The molecule has 1 N–H and O–H groups in total. The van der Waals surface area contributed by atoms with E-state index >= 15 is 0 Å². The van der Waals surface area contributed by atoms with Crippen molar-refractivity contribution in [3.05, 3.63) is 90.3 Å². The SMILES string of the molecule is CCc1ccc(-c2cc(C(=O)Nc3ccncc3)c3ccccc3n2)cc1. The number of nitrogens with one attached hydrogen (secondary N) is 1. The van der Waals surface area contributed by atoms with Crippen LogP contribution in [0.15, 0.2) is 79.1 Å². The van der Waals surface area contributed by atoms with Crippen molar-refractivity contribution in [2.24, 2.45) is 0 Å². The van der Waals surface area contributed by atoms with Gasteiger partial charge in [0.1, 0.15) is 0 Å². The van der Waals surface area contributed by atoms with Crippen LogP contribution in [0.5, 0.6) is 0 Å². The standard InChI is InChI=1S/C23H19N3O/c1-2-16-7-9-17(10-8-16)22-15-20(19-5-3-4-6-21(19)26-22)23(27)25-18-11-13-24-14-12-18/h3-15H,2H2,1H3,(H,24,25,27). The van der Waals surface area contributed by atoms with Gasteiger partial charge in [-0.05, 0) is 36.2 Å². The molecule has 0 bridgehead atoms. The van der Waals surface area contributed by atoms with Gasteiger partial charge in [-0.3, -0.25) is 9.78 Å². The van der Waals surface area contributed by atoms with Crippen molar-refractivity contribution < 1.29 is 4.79 Å². The van der Waals surface area contributed by atoms with E-state index in [0.717, 1.165) is 28.6 Å². The largest absolute Gasteiger partial charge is 0.322 e. The summed E-state index contributed by atoms with van der Waals surface area (Å²) in [6, 6.07) is 21.4. The zero-order valence-electron chi connectivity index (χ0n) is 15.0. The molecule has 1 amide bonds. The highest BCUT2D eigenvalue weighted by molar-refractivity contribution is 6.13. The quantitative estimate of drug-likeness (QED) is 0.554. The van der Waals surface area contributed by atoms with Crippen molar-refractivity contribution in [1.82, 2.24) is 9.97 Å². The van der Waals surface area contributed by atoms with E-state index < -0.39 is 0 Å². The smallest absolute Gasteiger partial charge is 0.256 e. The molecule has 4 aromatic rings. The molecule has 2 aromatic heterocycles. The average molecular weight is 353 g/mol. The molecule has 0 saturated carbocycles. The highest BCUT2D eigenvalue weighted by Crippen LogP contribution is 2.26. The first-order valence-electron chi connectivity index (χ1n) is 8.95. The second-order valence-electron chi connectivity index (χ2n) is 6.31. The van der Waals surface area contributed by atoms with E-state index in [2.05, 4.69) is 41.5 Å². The summed E-state index contributed by atoms with van der Waals surface area (Å²) in [7, 11) is 0. The molecule has 0 unspecified atom stereocenters. The predicted octanol–water partition coefficient (Wildman–Crippen LogP) is 5.11. The molecule has 0 aliphatic heterocycles. The Labute approximate surface area is 157 Å². The number of fused-ring (bicyclic) bond motifs is 1. The molecule has 4 rings (SSSR count). The van der Waals surface area contributed by atoms with Gasteiger partial charge in [-0.2, -0.15) is 0 Å². The lowest BCUT2D eigenvalue weighted by molar-refractivity contribution is 0.102. The number of anilines is 1. The van der Waals surface area contributed by atoms with Crippen molar-refractivity contribution in [2.75, 3.05) is 5.32 Å². The van der Waals surface area contributed by atoms with Crippen molar-refractivity contribution in [3.63, 3.8) is 0 Å². The summed E-state index contributed by atoms with van der Waals surface area (Å²) in [5.74, 6) is -0.161. The third-order valence-corrected chi connectivity index (χ3v) is 4.56. The van der Waals surface area contributed by atoms with Crippen molar-refractivity contribution in [3.8, 4) is 11.3 Å². The summed E-state index contributed by atoms with van der Waals surface area (Å²) >= 11 is 0. The Morgan fingerprint density at radius 2 is 1.70 bits per heavy atom.